The predicted octanol–water partition coefficient (Wildman–Crippen LogP) is 3.18. The Bertz CT molecular complexity index is 603. The molecule has 19 heavy (non-hydrogen) atoms. The molecule has 0 radical (unpaired) electrons. The molecule has 0 spiro atoms. The summed E-state index contributed by atoms with van der Waals surface area (Å²) < 4.78 is 2.98. The number of nitrogens with zero attached hydrogens (tertiary/aromatic N) is 2. The number of halogens is 1. The number of benzene rings is 1. The summed E-state index contributed by atoms with van der Waals surface area (Å²) in [5.74, 6) is 0.00339. The number of aryl methyl sites for hydroxylation is 1. The van der Waals surface area contributed by atoms with Crippen molar-refractivity contribution in [1.82, 2.24) is 9.55 Å². The van der Waals surface area contributed by atoms with E-state index >= 15 is 0 Å². The van der Waals surface area contributed by atoms with Crippen molar-refractivity contribution < 1.29 is 9.90 Å². The molecule has 5 heteroatoms. The van der Waals surface area contributed by atoms with E-state index in [1.807, 2.05) is 42.8 Å². The molecule has 1 heterocycles. The van der Waals surface area contributed by atoms with Crippen molar-refractivity contribution in [2.45, 2.75) is 19.8 Å². The fraction of sp³-hybridized carbons (Fsp3) is 0.286. The maximum Gasteiger partial charge on any atom is 0.303 e. The summed E-state index contributed by atoms with van der Waals surface area (Å²) in [6.45, 7) is 1.99. The molecule has 0 bridgehead atoms. The van der Waals surface area contributed by atoms with Gasteiger partial charge in [-0.2, -0.15) is 0 Å². The minimum Gasteiger partial charge on any atom is -0.481 e. The van der Waals surface area contributed by atoms with Gasteiger partial charge >= 0.3 is 5.97 Å². The highest BCUT2D eigenvalue weighted by molar-refractivity contribution is 9.10. The minimum atomic E-state index is -0.800. The lowest BCUT2D eigenvalue weighted by Gasteiger charge is -2.01. The SMILES string of the molecule is Cc1c(-c2ccc(Br)cc2)nc(CCC(=O)O)n1C. The highest BCUT2D eigenvalue weighted by Gasteiger charge is 2.13. The molecule has 1 aromatic carbocycles. The van der Waals surface area contributed by atoms with Crippen molar-refractivity contribution in [2.75, 3.05) is 0 Å². The van der Waals surface area contributed by atoms with Gasteiger partial charge < -0.3 is 9.67 Å². The topological polar surface area (TPSA) is 55.1 Å². The number of hydrogen-bond acceptors (Lipinski definition) is 2. The van der Waals surface area contributed by atoms with Crippen LogP contribution in [0.5, 0.6) is 0 Å². The third-order valence-electron chi connectivity index (χ3n) is 3.15. The molecular weight excluding hydrogens is 308 g/mol. The summed E-state index contributed by atoms with van der Waals surface area (Å²) in [7, 11) is 1.92. The van der Waals surface area contributed by atoms with Crippen LogP contribution in [-0.4, -0.2) is 20.6 Å². The highest BCUT2D eigenvalue weighted by atomic mass is 79.9. The molecule has 0 saturated carbocycles. The Hall–Kier alpha value is -1.62. The second kappa shape index (κ2) is 5.57. The van der Waals surface area contributed by atoms with Crippen LogP contribution in [0.25, 0.3) is 11.3 Å². The monoisotopic (exact) mass is 322 g/mol. The van der Waals surface area contributed by atoms with Crippen molar-refractivity contribution in [3.63, 3.8) is 0 Å². The second-order valence-electron chi connectivity index (χ2n) is 4.42. The van der Waals surface area contributed by atoms with Gasteiger partial charge in [0, 0.05) is 29.2 Å². The minimum absolute atomic E-state index is 0.101. The van der Waals surface area contributed by atoms with Gasteiger partial charge in [-0.25, -0.2) is 4.98 Å². The lowest BCUT2D eigenvalue weighted by atomic mass is 10.1. The number of carboxylic acid groups (broad SMARTS) is 1. The molecule has 0 saturated heterocycles. The summed E-state index contributed by atoms with van der Waals surface area (Å²) in [4.78, 5) is 15.2. The van der Waals surface area contributed by atoms with Gasteiger partial charge in [-0.3, -0.25) is 4.79 Å². The van der Waals surface area contributed by atoms with E-state index in [1.54, 1.807) is 0 Å². The molecule has 0 aliphatic rings. The average Bonchev–Trinajstić information content (AvgIpc) is 2.65. The normalized spacial score (nSPS) is 10.7. The summed E-state index contributed by atoms with van der Waals surface area (Å²) in [6, 6.07) is 7.95. The van der Waals surface area contributed by atoms with Crippen LogP contribution in [-0.2, 0) is 18.3 Å². The molecule has 0 fully saturated rings. The Morgan fingerprint density at radius 1 is 1.37 bits per heavy atom. The Morgan fingerprint density at radius 3 is 2.58 bits per heavy atom. The van der Waals surface area contributed by atoms with Gasteiger partial charge in [0.05, 0.1) is 12.1 Å². The molecule has 100 valence electrons. The highest BCUT2D eigenvalue weighted by Crippen LogP contribution is 2.25. The molecule has 0 aliphatic heterocycles. The van der Waals surface area contributed by atoms with Gasteiger partial charge in [-0.1, -0.05) is 28.1 Å². The molecule has 2 aromatic rings. The average molecular weight is 323 g/mol. The number of rotatable bonds is 4. The molecule has 0 aliphatic carbocycles. The van der Waals surface area contributed by atoms with Gasteiger partial charge in [0.1, 0.15) is 5.82 Å². The largest absolute Gasteiger partial charge is 0.481 e. The maximum atomic E-state index is 10.6. The van der Waals surface area contributed by atoms with E-state index in [0.717, 1.165) is 27.2 Å². The van der Waals surface area contributed by atoms with Crippen molar-refractivity contribution in [3.8, 4) is 11.3 Å². The van der Waals surface area contributed by atoms with Crippen LogP contribution in [0.2, 0.25) is 0 Å². The lowest BCUT2D eigenvalue weighted by molar-refractivity contribution is -0.137. The maximum absolute atomic E-state index is 10.6. The van der Waals surface area contributed by atoms with Gasteiger partial charge in [-0.15, -0.1) is 0 Å². The zero-order valence-corrected chi connectivity index (χ0v) is 12.4. The molecule has 0 amide bonds. The van der Waals surface area contributed by atoms with Crippen molar-refractivity contribution >= 4 is 21.9 Å². The molecule has 0 atom stereocenters. The first kappa shape index (κ1) is 13.8. The van der Waals surface area contributed by atoms with Crippen molar-refractivity contribution in [1.29, 1.82) is 0 Å². The Kier molecular flexibility index (Phi) is 4.04. The molecular formula is C14H15BrN2O2. The lowest BCUT2D eigenvalue weighted by Crippen LogP contribution is -2.03. The number of aromatic nitrogens is 2. The quantitative estimate of drug-likeness (QED) is 0.940. The first-order valence-corrected chi connectivity index (χ1v) is 6.78. The number of carboxylic acids is 1. The van der Waals surface area contributed by atoms with Crippen LogP contribution in [0.3, 0.4) is 0 Å². The third kappa shape index (κ3) is 3.04. The van der Waals surface area contributed by atoms with Crippen LogP contribution in [0.4, 0.5) is 0 Å². The molecule has 1 N–H and O–H groups in total. The van der Waals surface area contributed by atoms with E-state index in [1.165, 1.54) is 0 Å². The Balaban J connectivity index is 2.34. The molecule has 2 rings (SSSR count). The number of imidazole rings is 1. The van der Waals surface area contributed by atoms with E-state index in [-0.39, 0.29) is 6.42 Å². The zero-order valence-electron chi connectivity index (χ0n) is 10.9. The zero-order chi connectivity index (χ0) is 14.0. The van der Waals surface area contributed by atoms with Gasteiger partial charge in [0.25, 0.3) is 0 Å². The smallest absolute Gasteiger partial charge is 0.303 e. The number of aliphatic carboxylic acids is 1. The Morgan fingerprint density at radius 2 is 2.00 bits per heavy atom. The van der Waals surface area contributed by atoms with Gasteiger partial charge in [0.15, 0.2) is 0 Å². The Labute approximate surface area is 120 Å². The van der Waals surface area contributed by atoms with Crippen molar-refractivity contribution in [3.05, 3.63) is 40.3 Å². The summed E-state index contributed by atoms with van der Waals surface area (Å²) in [6.07, 6.45) is 0.549. The first-order valence-electron chi connectivity index (χ1n) is 5.99. The first-order chi connectivity index (χ1) is 8.99. The summed E-state index contributed by atoms with van der Waals surface area (Å²) in [5, 5.41) is 8.75. The van der Waals surface area contributed by atoms with E-state index in [4.69, 9.17) is 5.11 Å². The fourth-order valence-corrected chi connectivity index (χ4v) is 2.23. The van der Waals surface area contributed by atoms with E-state index < -0.39 is 5.97 Å². The number of carbonyl (C=O) groups is 1. The fourth-order valence-electron chi connectivity index (χ4n) is 1.96. The molecule has 4 nitrogen and oxygen atoms in total. The van der Waals surface area contributed by atoms with E-state index in [2.05, 4.69) is 20.9 Å². The summed E-state index contributed by atoms with van der Waals surface area (Å²) >= 11 is 3.41. The van der Waals surface area contributed by atoms with Crippen LogP contribution in [0.1, 0.15) is 17.9 Å². The third-order valence-corrected chi connectivity index (χ3v) is 3.68. The standard InChI is InChI=1S/C14H15BrN2O2/c1-9-14(10-3-5-11(15)6-4-10)16-12(17(9)2)7-8-13(18)19/h3-6H,7-8H2,1-2H3,(H,18,19). The number of hydrogen-bond donors (Lipinski definition) is 1. The van der Waals surface area contributed by atoms with Crippen LogP contribution in [0.15, 0.2) is 28.7 Å². The molecule has 0 unspecified atom stereocenters. The van der Waals surface area contributed by atoms with E-state index in [0.29, 0.717) is 6.42 Å². The predicted molar refractivity (Wildman–Crippen MR) is 77.0 cm³/mol. The molecule has 1 aromatic heterocycles. The van der Waals surface area contributed by atoms with Crippen molar-refractivity contribution in [2.24, 2.45) is 7.05 Å². The van der Waals surface area contributed by atoms with Gasteiger partial charge in [0.2, 0.25) is 0 Å². The van der Waals surface area contributed by atoms with Crippen LogP contribution in [0, 0.1) is 6.92 Å². The summed E-state index contributed by atoms with van der Waals surface area (Å²) in [5.41, 5.74) is 3.00. The second-order valence-corrected chi connectivity index (χ2v) is 5.34. The van der Waals surface area contributed by atoms with Gasteiger partial charge in [-0.05, 0) is 19.1 Å². The van der Waals surface area contributed by atoms with Crippen LogP contribution >= 0.6 is 15.9 Å². The van der Waals surface area contributed by atoms with E-state index in [9.17, 15) is 4.79 Å². The van der Waals surface area contributed by atoms with Crippen LogP contribution < -0.4 is 0 Å².